The predicted molar refractivity (Wildman–Crippen MR) is 242 cm³/mol. The average molecular weight is 943 g/mol. The van der Waals surface area contributed by atoms with Crippen molar-refractivity contribution in [3.8, 4) is 23.0 Å². The maximum atomic E-state index is 13.9. The van der Waals surface area contributed by atoms with Crippen molar-refractivity contribution in [3.05, 3.63) is 107 Å². The molecular formula is C47H60F2N4O10S2. The van der Waals surface area contributed by atoms with E-state index in [1.54, 1.807) is 55.6 Å². The second kappa shape index (κ2) is 22.3. The van der Waals surface area contributed by atoms with Gasteiger partial charge >= 0.3 is 0 Å². The molecule has 2 N–H and O–H groups in total. The van der Waals surface area contributed by atoms with E-state index >= 15 is 0 Å². The number of hydrogen-bond donors (Lipinski definition) is 2. The standard InChI is InChI=1S/C26H36N2O5S.C21H24F2N2O5S/c1-6-26(2,3)20-11-13-21(14-12-20)34(30,31)28(22-9-7-8-16-27-25(22)29)18-19-10-15-23(32-4)24(17-19)33-5;1-29-19-9-6-14(11-20(19)30-2)13-25(18-5-3-4-10-24-21(18)26)31(27,28)15-7-8-16(22)17(23)12-15/h10-15,17,22H,6-9,16,18H2,1-5H3,(H,27,29);6-9,11-12,18H,3-5,10,13H2,1-2H3,(H,24,26). The minimum Gasteiger partial charge on any atom is -0.493 e. The number of nitrogens with zero attached hydrogens (tertiary/aromatic N) is 2. The average Bonchev–Trinajstić information content (AvgIpc) is 3.66. The summed E-state index contributed by atoms with van der Waals surface area (Å²) in [5.41, 5.74) is 2.28. The number of carbonyl (C=O) groups excluding carboxylic acids is 2. The molecule has 2 atom stereocenters. The Morgan fingerprint density at radius 3 is 1.43 bits per heavy atom. The van der Waals surface area contributed by atoms with Crippen LogP contribution in [0.2, 0.25) is 0 Å². The highest BCUT2D eigenvalue weighted by Crippen LogP contribution is 2.34. The first-order chi connectivity index (χ1) is 30.9. The maximum Gasteiger partial charge on any atom is 0.244 e. The van der Waals surface area contributed by atoms with Gasteiger partial charge in [0.25, 0.3) is 0 Å². The summed E-state index contributed by atoms with van der Waals surface area (Å²) in [5.74, 6) is -1.19. The Morgan fingerprint density at radius 2 is 1.02 bits per heavy atom. The maximum absolute atomic E-state index is 13.9. The second-order valence-corrected chi connectivity index (χ2v) is 20.2. The third-order valence-electron chi connectivity index (χ3n) is 11.9. The van der Waals surface area contributed by atoms with Gasteiger partial charge in [0.05, 0.1) is 38.2 Å². The molecule has 14 nitrogen and oxygen atoms in total. The molecule has 2 aliphatic rings. The number of nitrogens with one attached hydrogen (secondary N) is 2. The molecule has 0 bridgehead atoms. The van der Waals surface area contributed by atoms with Gasteiger partial charge in [0, 0.05) is 26.2 Å². The molecule has 0 spiro atoms. The number of methoxy groups -OCH3 is 4. The summed E-state index contributed by atoms with van der Waals surface area (Å²) in [6, 6.07) is 17.8. The van der Waals surface area contributed by atoms with Crippen LogP contribution in [0.1, 0.15) is 82.4 Å². The van der Waals surface area contributed by atoms with Gasteiger partial charge in [0.1, 0.15) is 12.1 Å². The minimum absolute atomic E-state index is 0.0446. The first-order valence-corrected chi connectivity index (χ1v) is 24.4. The Kier molecular flexibility index (Phi) is 17.4. The molecule has 2 aliphatic heterocycles. The van der Waals surface area contributed by atoms with Crippen LogP contribution in [-0.2, 0) is 48.1 Å². The highest BCUT2D eigenvalue weighted by atomic mass is 32.2. The molecule has 2 unspecified atom stereocenters. The van der Waals surface area contributed by atoms with Gasteiger partial charge in [-0.1, -0.05) is 45.0 Å². The van der Waals surface area contributed by atoms with Crippen LogP contribution in [0, 0.1) is 11.6 Å². The van der Waals surface area contributed by atoms with Crippen LogP contribution in [0.5, 0.6) is 23.0 Å². The molecule has 0 aromatic heterocycles. The first kappa shape index (κ1) is 50.7. The highest BCUT2D eigenvalue weighted by Gasteiger charge is 2.38. The number of sulfonamides is 2. The van der Waals surface area contributed by atoms with E-state index < -0.39 is 54.6 Å². The Hall–Kier alpha value is -5.30. The van der Waals surface area contributed by atoms with Gasteiger partial charge in [-0.25, -0.2) is 25.6 Å². The van der Waals surface area contributed by atoms with Crippen molar-refractivity contribution in [2.45, 2.75) is 106 Å². The van der Waals surface area contributed by atoms with Gasteiger partial charge in [-0.3, -0.25) is 9.59 Å². The van der Waals surface area contributed by atoms with Crippen molar-refractivity contribution >= 4 is 31.9 Å². The fourth-order valence-corrected chi connectivity index (χ4v) is 10.9. The molecule has 2 heterocycles. The molecule has 18 heteroatoms. The summed E-state index contributed by atoms with van der Waals surface area (Å²) >= 11 is 0. The molecule has 0 saturated carbocycles. The summed E-state index contributed by atoms with van der Waals surface area (Å²) in [7, 11) is -2.26. The van der Waals surface area contributed by atoms with Gasteiger partial charge in [0.2, 0.25) is 31.9 Å². The van der Waals surface area contributed by atoms with Gasteiger partial charge in [-0.2, -0.15) is 8.61 Å². The fourth-order valence-electron chi connectivity index (χ4n) is 7.63. The lowest BCUT2D eigenvalue weighted by Gasteiger charge is -2.30. The van der Waals surface area contributed by atoms with Crippen LogP contribution in [0.3, 0.4) is 0 Å². The van der Waals surface area contributed by atoms with E-state index in [-0.39, 0.29) is 29.3 Å². The van der Waals surface area contributed by atoms with Crippen molar-refractivity contribution in [1.29, 1.82) is 0 Å². The van der Waals surface area contributed by atoms with Crippen LogP contribution in [0.25, 0.3) is 0 Å². The lowest BCUT2D eigenvalue weighted by Crippen LogP contribution is -2.48. The molecule has 2 saturated heterocycles. The molecule has 0 aliphatic carbocycles. The molecule has 4 aromatic carbocycles. The van der Waals surface area contributed by atoms with E-state index in [9.17, 15) is 35.2 Å². The highest BCUT2D eigenvalue weighted by molar-refractivity contribution is 7.89. The molecule has 65 heavy (non-hydrogen) atoms. The normalized spacial score (nSPS) is 17.2. The molecule has 0 radical (unpaired) electrons. The van der Waals surface area contributed by atoms with Crippen molar-refractivity contribution in [2.24, 2.45) is 0 Å². The Morgan fingerprint density at radius 1 is 0.585 bits per heavy atom. The summed E-state index contributed by atoms with van der Waals surface area (Å²) in [6.45, 7) is 7.26. The molecule has 2 fully saturated rings. The topological polar surface area (TPSA) is 170 Å². The zero-order chi connectivity index (χ0) is 47.5. The number of halogens is 2. The summed E-state index contributed by atoms with van der Waals surface area (Å²) in [5, 5.41) is 5.59. The second-order valence-electron chi connectivity index (χ2n) is 16.4. The smallest absolute Gasteiger partial charge is 0.244 e. The van der Waals surface area contributed by atoms with Gasteiger partial charge in [-0.15, -0.1) is 0 Å². The van der Waals surface area contributed by atoms with Crippen molar-refractivity contribution in [2.75, 3.05) is 41.5 Å². The third-order valence-corrected chi connectivity index (χ3v) is 15.6. The number of benzene rings is 4. The number of carbonyl (C=O) groups is 2. The first-order valence-electron chi connectivity index (χ1n) is 21.5. The Labute approximate surface area is 381 Å². The van der Waals surface area contributed by atoms with E-state index in [0.717, 1.165) is 47.7 Å². The van der Waals surface area contributed by atoms with E-state index in [2.05, 4.69) is 31.4 Å². The van der Waals surface area contributed by atoms with Crippen molar-refractivity contribution in [3.63, 3.8) is 0 Å². The number of ether oxygens (including phenoxy) is 4. The lowest BCUT2D eigenvalue weighted by atomic mass is 9.82. The molecule has 2 amide bonds. The summed E-state index contributed by atoms with van der Waals surface area (Å²) < 4.78 is 105. The van der Waals surface area contributed by atoms with Gasteiger partial charge in [0.15, 0.2) is 34.6 Å². The summed E-state index contributed by atoms with van der Waals surface area (Å²) in [4.78, 5) is 25.3. The molecule has 6 rings (SSSR count). The van der Waals surface area contributed by atoms with Crippen molar-refractivity contribution in [1.82, 2.24) is 19.2 Å². The lowest BCUT2D eigenvalue weighted by molar-refractivity contribution is -0.125. The third kappa shape index (κ3) is 12.1. The van der Waals surface area contributed by atoms with Crippen LogP contribution >= 0.6 is 0 Å². The largest absolute Gasteiger partial charge is 0.493 e. The van der Waals surface area contributed by atoms with Crippen LogP contribution < -0.4 is 29.6 Å². The number of amides is 2. The van der Waals surface area contributed by atoms with E-state index in [0.29, 0.717) is 72.5 Å². The number of rotatable bonds is 16. The van der Waals surface area contributed by atoms with Crippen LogP contribution in [-0.4, -0.2) is 90.9 Å². The Balaban J connectivity index is 0.000000245. The van der Waals surface area contributed by atoms with E-state index in [4.69, 9.17) is 18.9 Å². The fraction of sp³-hybridized carbons (Fsp3) is 0.447. The quantitative estimate of drug-likeness (QED) is 0.118. The molecule has 4 aromatic rings. The van der Waals surface area contributed by atoms with E-state index in [1.807, 2.05) is 12.1 Å². The molecular weight excluding hydrogens is 883 g/mol. The number of hydrogen-bond acceptors (Lipinski definition) is 10. The van der Waals surface area contributed by atoms with Crippen molar-refractivity contribution < 1.29 is 54.2 Å². The SMILES string of the molecule is CCC(C)(C)c1ccc(S(=O)(=O)N(Cc2ccc(OC)c(OC)c2)C2CCCCNC2=O)cc1.COc1ccc(CN(C2CCCCNC2=O)S(=O)(=O)c2ccc(F)c(F)c2)cc1OC. The zero-order valence-electron chi connectivity index (χ0n) is 38.0. The minimum atomic E-state index is -4.33. The van der Waals surface area contributed by atoms with Gasteiger partial charge < -0.3 is 29.6 Å². The Bertz CT molecular complexity index is 2510. The zero-order valence-corrected chi connectivity index (χ0v) is 39.6. The van der Waals surface area contributed by atoms with Gasteiger partial charge in [-0.05, 0) is 122 Å². The predicted octanol–water partition coefficient (Wildman–Crippen LogP) is 7.09. The summed E-state index contributed by atoms with van der Waals surface area (Å²) in [6.07, 6.45) is 4.67. The van der Waals surface area contributed by atoms with Crippen LogP contribution in [0.15, 0.2) is 88.7 Å². The van der Waals surface area contributed by atoms with Crippen LogP contribution in [0.4, 0.5) is 8.78 Å². The molecule has 354 valence electrons. The van der Waals surface area contributed by atoms with E-state index in [1.165, 1.54) is 25.6 Å². The monoisotopic (exact) mass is 942 g/mol.